The molecule has 2 rings (SSSR count). The van der Waals surface area contributed by atoms with Crippen LogP contribution in [0.5, 0.6) is 0 Å². The molecule has 3 atom stereocenters. The van der Waals surface area contributed by atoms with Gasteiger partial charge >= 0.3 is 11.9 Å². The first kappa shape index (κ1) is 20.2. The largest absolute Gasteiger partial charge is 0.469 e. The summed E-state index contributed by atoms with van der Waals surface area (Å²) in [7, 11) is 2.77. The molecule has 0 aromatic heterocycles. The molecule has 0 aliphatic heterocycles. The summed E-state index contributed by atoms with van der Waals surface area (Å²) in [4.78, 5) is 24.8. The normalized spacial score (nSPS) is 14.1. The van der Waals surface area contributed by atoms with E-state index in [4.69, 9.17) is 9.47 Å². The van der Waals surface area contributed by atoms with Crippen LogP contribution in [0.2, 0.25) is 0 Å². The Morgan fingerprint density at radius 3 is 1.81 bits per heavy atom. The number of benzene rings is 2. The molecule has 0 aliphatic rings. The van der Waals surface area contributed by atoms with Gasteiger partial charge < -0.3 is 9.47 Å². The van der Waals surface area contributed by atoms with E-state index in [1.165, 1.54) is 14.2 Å². The van der Waals surface area contributed by atoms with Gasteiger partial charge in [0, 0.05) is 11.2 Å². The Labute approximate surface area is 162 Å². The van der Waals surface area contributed by atoms with E-state index in [0.29, 0.717) is 11.8 Å². The minimum atomic E-state index is -0.505. The van der Waals surface area contributed by atoms with Crippen LogP contribution in [0, 0.1) is 5.92 Å². The number of hydrogen-bond donors (Lipinski definition) is 0. The van der Waals surface area contributed by atoms with Crippen molar-refractivity contribution in [3.8, 4) is 0 Å². The molecule has 26 heavy (non-hydrogen) atoms. The van der Waals surface area contributed by atoms with Crippen molar-refractivity contribution in [2.75, 3.05) is 19.5 Å². The van der Waals surface area contributed by atoms with Gasteiger partial charge in [0.05, 0.1) is 26.1 Å². The predicted molar refractivity (Wildman–Crippen MR) is 104 cm³/mol. The molecule has 0 radical (unpaired) electrons. The molecule has 0 amide bonds. The molecule has 2 aromatic rings. The first-order valence-corrected chi connectivity index (χ1v) is 9.56. The van der Waals surface area contributed by atoms with Gasteiger partial charge in [-0.15, -0.1) is 0 Å². The number of rotatable bonds is 8. The van der Waals surface area contributed by atoms with Crippen molar-refractivity contribution >= 4 is 27.9 Å². The van der Waals surface area contributed by atoms with Gasteiger partial charge in [-0.1, -0.05) is 76.6 Å². The topological polar surface area (TPSA) is 52.6 Å². The lowest BCUT2D eigenvalue weighted by molar-refractivity contribution is -0.147. The van der Waals surface area contributed by atoms with Gasteiger partial charge in [0.2, 0.25) is 0 Å². The van der Waals surface area contributed by atoms with Crippen LogP contribution in [-0.4, -0.2) is 31.5 Å². The monoisotopic (exact) mass is 418 g/mol. The number of ether oxygens (including phenoxy) is 2. The van der Waals surface area contributed by atoms with Crippen LogP contribution in [-0.2, 0) is 19.1 Å². The molecule has 2 aromatic carbocycles. The Balaban J connectivity index is 2.49. The van der Waals surface area contributed by atoms with Crippen molar-refractivity contribution in [3.63, 3.8) is 0 Å². The van der Waals surface area contributed by atoms with E-state index >= 15 is 0 Å². The van der Waals surface area contributed by atoms with Gasteiger partial charge in [-0.05, 0) is 17.5 Å². The maximum absolute atomic E-state index is 12.7. The molecule has 5 heteroatoms. The lowest BCUT2D eigenvalue weighted by Crippen LogP contribution is -2.27. The summed E-state index contributed by atoms with van der Waals surface area (Å²) in [6, 6.07) is 19.3. The number of methoxy groups -OCH3 is 2. The zero-order valence-corrected chi connectivity index (χ0v) is 16.5. The van der Waals surface area contributed by atoms with E-state index in [0.717, 1.165) is 11.1 Å². The molecular weight excluding hydrogens is 396 g/mol. The highest BCUT2D eigenvalue weighted by atomic mass is 79.9. The Bertz CT molecular complexity index is 702. The first-order valence-electron chi connectivity index (χ1n) is 8.43. The highest BCUT2D eigenvalue weighted by Crippen LogP contribution is 2.39. The molecule has 0 fully saturated rings. The summed E-state index contributed by atoms with van der Waals surface area (Å²) in [5.41, 5.74) is 1.85. The van der Waals surface area contributed by atoms with E-state index in [1.807, 2.05) is 60.7 Å². The summed E-state index contributed by atoms with van der Waals surface area (Å²) in [6.45, 7) is 0. The fourth-order valence-corrected chi connectivity index (χ4v) is 3.71. The zero-order chi connectivity index (χ0) is 18.9. The fourth-order valence-electron chi connectivity index (χ4n) is 3.18. The average molecular weight is 419 g/mol. The second kappa shape index (κ2) is 10.1. The molecule has 0 spiro atoms. The van der Waals surface area contributed by atoms with Gasteiger partial charge in [0.1, 0.15) is 0 Å². The molecule has 0 heterocycles. The van der Waals surface area contributed by atoms with Gasteiger partial charge in [-0.3, -0.25) is 9.59 Å². The van der Waals surface area contributed by atoms with E-state index < -0.39 is 5.92 Å². The van der Waals surface area contributed by atoms with Crippen LogP contribution in [0.15, 0.2) is 60.7 Å². The SMILES string of the molecule is COC(=O)C(CBr)CC(c1ccccc1)C(C(=O)OC)c1ccccc1. The third kappa shape index (κ3) is 4.94. The molecule has 4 nitrogen and oxygen atoms in total. The number of carbonyl (C=O) groups excluding carboxylic acids is 2. The Hall–Kier alpha value is -2.14. The Kier molecular flexibility index (Phi) is 7.85. The lowest BCUT2D eigenvalue weighted by Gasteiger charge is -2.28. The number of alkyl halides is 1. The summed E-state index contributed by atoms with van der Waals surface area (Å²) in [5, 5.41) is 0.464. The summed E-state index contributed by atoms with van der Waals surface area (Å²) >= 11 is 3.40. The summed E-state index contributed by atoms with van der Waals surface area (Å²) in [6.07, 6.45) is 0.469. The Morgan fingerprint density at radius 1 is 0.846 bits per heavy atom. The maximum atomic E-state index is 12.7. The molecule has 0 aliphatic carbocycles. The quantitative estimate of drug-likeness (QED) is 0.473. The van der Waals surface area contributed by atoms with Crippen LogP contribution >= 0.6 is 15.9 Å². The second-order valence-corrected chi connectivity index (χ2v) is 6.69. The number of halogens is 1. The molecule has 138 valence electrons. The summed E-state index contributed by atoms with van der Waals surface area (Å²) < 4.78 is 10.0. The minimum absolute atomic E-state index is 0.215. The predicted octanol–water partition coefficient (Wildman–Crippen LogP) is 4.30. The average Bonchev–Trinajstić information content (AvgIpc) is 2.71. The van der Waals surface area contributed by atoms with Crippen molar-refractivity contribution in [1.29, 1.82) is 0 Å². The number of esters is 2. The summed E-state index contributed by atoms with van der Waals surface area (Å²) in [5.74, 6) is -1.69. The van der Waals surface area contributed by atoms with Gasteiger partial charge in [0.15, 0.2) is 0 Å². The van der Waals surface area contributed by atoms with Gasteiger partial charge in [0.25, 0.3) is 0 Å². The minimum Gasteiger partial charge on any atom is -0.469 e. The van der Waals surface area contributed by atoms with Crippen LogP contribution in [0.25, 0.3) is 0 Å². The highest BCUT2D eigenvalue weighted by molar-refractivity contribution is 9.09. The molecule has 0 N–H and O–H groups in total. The van der Waals surface area contributed by atoms with Crippen LogP contribution < -0.4 is 0 Å². The third-order valence-corrected chi connectivity index (χ3v) is 5.28. The smallest absolute Gasteiger partial charge is 0.313 e. The van der Waals surface area contributed by atoms with Crippen molar-refractivity contribution < 1.29 is 19.1 Å². The Morgan fingerprint density at radius 2 is 1.35 bits per heavy atom. The van der Waals surface area contributed by atoms with E-state index in [-0.39, 0.29) is 23.8 Å². The van der Waals surface area contributed by atoms with Crippen molar-refractivity contribution in [2.24, 2.45) is 5.92 Å². The van der Waals surface area contributed by atoms with Crippen LogP contribution in [0.4, 0.5) is 0 Å². The third-order valence-electron chi connectivity index (χ3n) is 4.50. The highest BCUT2D eigenvalue weighted by Gasteiger charge is 2.35. The van der Waals surface area contributed by atoms with E-state index in [1.54, 1.807) is 0 Å². The molecule has 0 bridgehead atoms. The van der Waals surface area contributed by atoms with Crippen molar-refractivity contribution in [2.45, 2.75) is 18.3 Å². The molecule has 3 unspecified atom stereocenters. The number of carbonyl (C=O) groups is 2. The molecular formula is C21H23BrO4. The van der Waals surface area contributed by atoms with E-state index in [2.05, 4.69) is 15.9 Å². The molecule has 0 saturated carbocycles. The standard InChI is InChI=1S/C21H23BrO4/c1-25-20(23)17(14-22)13-18(15-9-5-3-6-10-15)19(21(24)26-2)16-11-7-4-8-12-16/h3-12,17-19H,13-14H2,1-2H3. The van der Waals surface area contributed by atoms with Crippen LogP contribution in [0.1, 0.15) is 29.4 Å². The first-order chi connectivity index (χ1) is 12.6. The van der Waals surface area contributed by atoms with Gasteiger partial charge in [-0.25, -0.2) is 0 Å². The van der Waals surface area contributed by atoms with Crippen molar-refractivity contribution in [1.82, 2.24) is 0 Å². The number of hydrogen-bond acceptors (Lipinski definition) is 4. The fraction of sp³-hybridized carbons (Fsp3) is 0.333. The lowest BCUT2D eigenvalue weighted by atomic mass is 9.76. The molecule has 0 saturated heterocycles. The van der Waals surface area contributed by atoms with Crippen LogP contribution in [0.3, 0.4) is 0 Å². The van der Waals surface area contributed by atoms with Gasteiger partial charge in [-0.2, -0.15) is 0 Å². The zero-order valence-electron chi connectivity index (χ0n) is 14.9. The maximum Gasteiger partial charge on any atom is 0.313 e. The second-order valence-electron chi connectivity index (χ2n) is 6.04. The van der Waals surface area contributed by atoms with Crippen molar-refractivity contribution in [3.05, 3.63) is 71.8 Å². The van der Waals surface area contributed by atoms with E-state index in [9.17, 15) is 9.59 Å².